The molecular weight excluding hydrogens is 226 g/mol. The van der Waals surface area contributed by atoms with Gasteiger partial charge in [0.25, 0.3) is 11.6 Å². The summed E-state index contributed by atoms with van der Waals surface area (Å²) in [7, 11) is 0. The fourth-order valence-corrected chi connectivity index (χ4v) is 1.63. The minimum Gasteiger partial charge on any atom is -0.389 e. The van der Waals surface area contributed by atoms with Crippen LogP contribution in [-0.4, -0.2) is 45.0 Å². The Hall–Kier alpha value is -2.02. The molecule has 1 N–H and O–H groups in total. The molecule has 0 atom stereocenters. The molecule has 0 spiro atoms. The van der Waals surface area contributed by atoms with Crippen molar-refractivity contribution in [2.24, 2.45) is 0 Å². The first-order valence-electron chi connectivity index (χ1n) is 5.07. The van der Waals surface area contributed by atoms with Crippen molar-refractivity contribution in [1.29, 1.82) is 0 Å². The number of β-amino-alcohol motifs (C(OH)–C–C–N with tert-alkyl or cyclic N) is 1. The minimum atomic E-state index is -0.589. The predicted octanol–water partition coefficient (Wildman–Crippen LogP) is 0.115. The van der Waals surface area contributed by atoms with Crippen molar-refractivity contribution in [3.8, 4) is 0 Å². The maximum Gasteiger partial charge on any atom is 0.288 e. The monoisotopic (exact) mass is 237 g/mol. The second-order valence-electron chi connectivity index (χ2n) is 3.95. The number of hydrogen-bond donors (Lipinski definition) is 1. The molecule has 1 amide bonds. The molecule has 2 heterocycles. The molecule has 7 heteroatoms. The van der Waals surface area contributed by atoms with Crippen LogP contribution < -0.4 is 0 Å². The van der Waals surface area contributed by atoms with Crippen LogP contribution in [0.2, 0.25) is 0 Å². The van der Waals surface area contributed by atoms with Gasteiger partial charge in [0, 0.05) is 19.2 Å². The van der Waals surface area contributed by atoms with Gasteiger partial charge in [0.1, 0.15) is 6.20 Å². The number of aryl methyl sites for hydroxylation is 1. The van der Waals surface area contributed by atoms with Crippen LogP contribution >= 0.6 is 0 Å². The summed E-state index contributed by atoms with van der Waals surface area (Å²) in [6.45, 7) is 2.15. The fraction of sp³-hybridized carbons (Fsp3) is 0.400. The highest BCUT2D eigenvalue weighted by molar-refractivity contribution is 5.96. The standard InChI is InChI=1S/C10H11N3O4/c1-6-9(2-7(3-11-6)13(16)17)10(15)12-4-8(14)5-12/h2-3,8,14H,4-5H2,1H3. The third-order valence-corrected chi connectivity index (χ3v) is 2.66. The van der Waals surface area contributed by atoms with Crippen LogP contribution in [0.1, 0.15) is 16.1 Å². The van der Waals surface area contributed by atoms with Crippen LogP contribution in [0, 0.1) is 17.0 Å². The van der Waals surface area contributed by atoms with Gasteiger partial charge in [-0.05, 0) is 6.92 Å². The van der Waals surface area contributed by atoms with Gasteiger partial charge in [0.05, 0.1) is 22.3 Å². The molecule has 17 heavy (non-hydrogen) atoms. The molecule has 0 unspecified atom stereocenters. The van der Waals surface area contributed by atoms with Gasteiger partial charge in [0.15, 0.2) is 0 Å². The van der Waals surface area contributed by atoms with Crippen molar-refractivity contribution in [1.82, 2.24) is 9.88 Å². The van der Waals surface area contributed by atoms with E-state index in [4.69, 9.17) is 5.11 Å². The van der Waals surface area contributed by atoms with Crippen molar-refractivity contribution in [2.75, 3.05) is 13.1 Å². The molecule has 1 aromatic rings. The van der Waals surface area contributed by atoms with Crippen LogP contribution in [-0.2, 0) is 0 Å². The molecule has 1 aliphatic heterocycles. The Balaban J connectivity index is 2.27. The molecule has 2 rings (SSSR count). The average Bonchev–Trinajstić information content (AvgIpc) is 2.24. The highest BCUT2D eigenvalue weighted by Crippen LogP contribution is 2.19. The number of nitro groups is 1. The van der Waals surface area contributed by atoms with E-state index in [1.165, 1.54) is 11.0 Å². The number of amides is 1. The van der Waals surface area contributed by atoms with Gasteiger partial charge in [0.2, 0.25) is 0 Å². The lowest BCUT2D eigenvalue weighted by molar-refractivity contribution is -0.385. The fourth-order valence-electron chi connectivity index (χ4n) is 1.63. The minimum absolute atomic E-state index is 0.208. The number of aliphatic hydroxyl groups is 1. The molecule has 0 bridgehead atoms. The van der Waals surface area contributed by atoms with Crippen molar-refractivity contribution >= 4 is 11.6 Å². The Morgan fingerprint density at radius 2 is 2.29 bits per heavy atom. The Labute approximate surface area is 96.8 Å². The Morgan fingerprint density at radius 1 is 1.65 bits per heavy atom. The molecule has 1 saturated heterocycles. The molecule has 1 aliphatic rings. The molecule has 0 saturated carbocycles. The van der Waals surface area contributed by atoms with Crippen LogP contribution in [0.3, 0.4) is 0 Å². The normalized spacial score (nSPS) is 15.5. The zero-order valence-corrected chi connectivity index (χ0v) is 9.16. The lowest BCUT2D eigenvalue weighted by Crippen LogP contribution is -2.53. The van der Waals surface area contributed by atoms with E-state index in [0.29, 0.717) is 5.69 Å². The van der Waals surface area contributed by atoms with Crippen LogP contribution in [0.5, 0.6) is 0 Å². The SMILES string of the molecule is Cc1ncc([N+](=O)[O-])cc1C(=O)N1CC(O)C1. The van der Waals surface area contributed by atoms with E-state index in [2.05, 4.69) is 4.98 Å². The Morgan fingerprint density at radius 3 is 2.82 bits per heavy atom. The lowest BCUT2D eigenvalue weighted by atomic mass is 10.1. The number of aliphatic hydroxyl groups excluding tert-OH is 1. The summed E-state index contributed by atoms with van der Waals surface area (Å²) < 4.78 is 0. The van der Waals surface area contributed by atoms with E-state index in [0.717, 1.165) is 6.20 Å². The number of hydrogen-bond acceptors (Lipinski definition) is 5. The lowest BCUT2D eigenvalue weighted by Gasteiger charge is -2.35. The topological polar surface area (TPSA) is 96.6 Å². The molecule has 0 aromatic carbocycles. The number of nitrogens with zero attached hydrogens (tertiary/aromatic N) is 3. The van der Waals surface area contributed by atoms with E-state index in [1.54, 1.807) is 6.92 Å². The smallest absolute Gasteiger partial charge is 0.288 e. The summed E-state index contributed by atoms with van der Waals surface area (Å²) in [4.78, 5) is 27.2. The van der Waals surface area contributed by atoms with E-state index < -0.39 is 11.0 Å². The molecule has 1 aromatic heterocycles. The number of carbonyl (C=O) groups excluding carboxylic acids is 1. The Bertz CT molecular complexity index is 482. The van der Waals surface area contributed by atoms with Gasteiger partial charge < -0.3 is 10.0 Å². The first kappa shape index (κ1) is 11.5. The summed E-state index contributed by atoms with van der Waals surface area (Å²) in [5.74, 6) is -0.330. The third kappa shape index (κ3) is 2.09. The van der Waals surface area contributed by atoms with E-state index in [9.17, 15) is 14.9 Å². The second kappa shape index (κ2) is 4.10. The van der Waals surface area contributed by atoms with Crippen LogP contribution in [0.15, 0.2) is 12.3 Å². The summed E-state index contributed by atoms with van der Waals surface area (Å²) in [5.41, 5.74) is 0.452. The second-order valence-corrected chi connectivity index (χ2v) is 3.95. The number of rotatable bonds is 2. The summed E-state index contributed by atoms with van der Waals surface area (Å²) in [6.07, 6.45) is 0.628. The zero-order chi connectivity index (χ0) is 12.6. The largest absolute Gasteiger partial charge is 0.389 e. The molecule has 0 aliphatic carbocycles. The first-order valence-corrected chi connectivity index (χ1v) is 5.07. The van der Waals surface area contributed by atoms with Crippen molar-refractivity contribution in [2.45, 2.75) is 13.0 Å². The molecule has 90 valence electrons. The average molecular weight is 237 g/mol. The number of pyridine rings is 1. The highest BCUT2D eigenvalue weighted by atomic mass is 16.6. The maximum absolute atomic E-state index is 11.9. The molecule has 0 radical (unpaired) electrons. The summed E-state index contributed by atoms with van der Waals surface area (Å²) >= 11 is 0. The molecule has 7 nitrogen and oxygen atoms in total. The maximum atomic E-state index is 11.9. The van der Waals surface area contributed by atoms with E-state index >= 15 is 0 Å². The van der Waals surface area contributed by atoms with Gasteiger partial charge in [-0.2, -0.15) is 0 Å². The summed E-state index contributed by atoms with van der Waals surface area (Å²) in [5, 5.41) is 19.7. The van der Waals surface area contributed by atoms with Crippen LogP contribution in [0.25, 0.3) is 0 Å². The summed E-state index contributed by atoms with van der Waals surface area (Å²) in [6, 6.07) is 1.22. The third-order valence-electron chi connectivity index (χ3n) is 2.66. The quantitative estimate of drug-likeness (QED) is 0.581. The van der Waals surface area contributed by atoms with Gasteiger partial charge >= 0.3 is 0 Å². The first-order chi connectivity index (χ1) is 7.99. The number of likely N-dealkylation sites (tertiary alicyclic amines) is 1. The molecule has 1 fully saturated rings. The number of aromatic nitrogens is 1. The van der Waals surface area contributed by atoms with Crippen molar-refractivity contribution in [3.05, 3.63) is 33.6 Å². The zero-order valence-electron chi connectivity index (χ0n) is 9.16. The van der Waals surface area contributed by atoms with Gasteiger partial charge in [-0.15, -0.1) is 0 Å². The van der Waals surface area contributed by atoms with Gasteiger partial charge in [-0.3, -0.25) is 19.9 Å². The van der Waals surface area contributed by atoms with Crippen molar-refractivity contribution in [3.63, 3.8) is 0 Å². The predicted molar refractivity (Wildman–Crippen MR) is 57.5 cm³/mol. The van der Waals surface area contributed by atoms with E-state index in [-0.39, 0.29) is 30.2 Å². The van der Waals surface area contributed by atoms with Gasteiger partial charge in [-0.25, -0.2) is 0 Å². The van der Waals surface area contributed by atoms with Gasteiger partial charge in [-0.1, -0.05) is 0 Å². The Kier molecular flexibility index (Phi) is 2.76. The van der Waals surface area contributed by atoms with Crippen molar-refractivity contribution < 1.29 is 14.8 Å². The van der Waals surface area contributed by atoms with E-state index in [1.807, 2.05) is 0 Å². The highest BCUT2D eigenvalue weighted by Gasteiger charge is 2.31. The molecular formula is C10H11N3O4. The van der Waals surface area contributed by atoms with Crippen LogP contribution in [0.4, 0.5) is 5.69 Å². The number of carbonyl (C=O) groups is 1.